The lowest BCUT2D eigenvalue weighted by molar-refractivity contribution is 0.0940. The zero-order valence-electron chi connectivity index (χ0n) is 15.5. The molecule has 1 amide bonds. The monoisotopic (exact) mass is 384 g/mol. The Hall–Kier alpha value is -2.60. The van der Waals surface area contributed by atoms with Crippen LogP contribution in [0.1, 0.15) is 48.2 Å². The maximum Gasteiger partial charge on any atom is 0.258 e. The van der Waals surface area contributed by atoms with Gasteiger partial charge in [0.15, 0.2) is 0 Å². The maximum atomic E-state index is 12.9. The van der Waals surface area contributed by atoms with Gasteiger partial charge in [-0.2, -0.15) is 0 Å². The summed E-state index contributed by atoms with van der Waals surface area (Å²) in [5.74, 6) is -0.286. The molecule has 2 N–H and O–H groups in total. The van der Waals surface area contributed by atoms with E-state index in [4.69, 9.17) is 0 Å². The Kier molecular flexibility index (Phi) is 5.65. The van der Waals surface area contributed by atoms with Crippen LogP contribution in [0.5, 0.6) is 0 Å². The number of sulfonamides is 1. The maximum absolute atomic E-state index is 12.9. The molecular formula is C21H24N2O3S. The van der Waals surface area contributed by atoms with Crippen molar-refractivity contribution in [1.82, 2.24) is 5.32 Å². The van der Waals surface area contributed by atoms with Gasteiger partial charge < -0.3 is 5.32 Å². The molecule has 0 heterocycles. The molecule has 0 bridgehead atoms. The molecule has 0 saturated heterocycles. The summed E-state index contributed by atoms with van der Waals surface area (Å²) < 4.78 is 28.4. The highest BCUT2D eigenvalue weighted by Crippen LogP contribution is 2.28. The van der Waals surface area contributed by atoms with Gasteiger partial charge in [0.2, 0.25) is 0 Å². The van der Waals surface area contributed by atoms with Crippen molar-refractivity contribution >= 4 is 27.7 Å². The van der Waals surface area contributed by atoms with Gasteiger partial charge in [0.25, 0.3) is 15.9 Å². The van der Waals surface area contributed by atoms with Crippen molar-refractivity contribution in [3.63, 3.8) is 0 Å². The highest BCUT2D eigenvalue weighted by Gasteiger charge is 2.23. The smallest absolute Gasteiger partial charge is 0.258 e. The minimum absolute atomic E-state index is 0.0136. The van der Waals surface area contributed by atoms with Gasteiger partial charge in [0.05, 0.1) is 16.2 Å². The van der Waals surface area contributed by atoms with Gasteiger partial charge in [-0.25, -0.2) is 8.42 Å². The average Bonchev–Trinajstić information content (AvgIpc) is 2.67. The lowest BCUT2D eigenvalue weighted by Gasteiger charge is -2.19. The first-order valence-corrected chi connectivity index (χ1v) is 10.6. The van der Waals surface area contributed by atoms with Gasteiger partial charge in [0.1, 0.15) is 0 Å². The van der Waals surface area contributed by atoms with Crippen LogP contribution in [0.25, 0.3) is 6.08 Å². The molecule has 0 radical (unpaired) electrons. The minimum atomic E-state index is -3.74. The summed E-state index contributed by atoms with van der Waals surface area (Å²) >= 11 is 0. The fourth-order valence-corrected chi connectivity index (χ4v) is 4.25. The van der Waals surface area contributed by atoms with Crippen molar-refractivity contribution in [1.29, 1.82) is 0 Å². The minimum Gasteiger partial charge on any atom is -0.350 e. The highest BCUT2D eigenvalue weighted by molar-refractivity contribution is 7.96. The van der Waals surface area contributed by atoms with Crippen LogP contribution in [0.3, 0.4) is 0 Å². The van der Waals surface area contributed by atoms with Crippen LogP contribution >= 0.6 is 0 Å². The van der Waals surface area contributed by atoms with E-state index in [0.717, 1.165) is 17.5 Å². The number of hydrogen-bond acceptors (Lipinski definition) is 3. The van der Waals surface area contributed by atoms with Crippen LogP contribution in [0.15, 0.2) is 53.4 Å². The SMILES string of the molecule is CCC(C)NC(=O)c1ccccc1NS(=O)(=O)C1=Cc2ccccc2CC1. The first kappa shape index (κ1) is 19.2. The van der Waals surface area contributed by atoms with Crippen LogP contribution in [-0.2, 0) is 16.4 Å². The highest BCUT2D eigenvalue weighted by atomic mass is 32.2. The van der Waals surface area contributed by atoms with Crippen molar-refractivity contribution in [2.45, 2.75) is 39.2 Å². The van der Waals surface area contributed by atoms with Gasteiger partial charge in [-0.1, -0.05) is 43.3 Å². The van der Waals surface area contributed by atoms with E-state index in [2.05, 4.69) is 10.0 Å². The number of carbonyl (C=O) groups excluding carboxylic acids is 1. The Labute approximate surface area is 160 Å². The summed E-state index contributed by atoms with van der Waals surface area (Å²) in [4.78, 5) is 12.8. The van der Waals surface area contributed by atoms with Crippen molar-refractivity contribution in [2.24, 2.45) is 0 Å². The van der Waals surface area contributed by atoms with Gasteiger partial charge in [-0.3, -0.25) is 9.52 Å². The summed E-state index contributed by atoms with van der Waals surface area (Å²) in [7, 11) is -3.74. The molecule has 0 fully saturated rings. The number of rotatable bonds is 6. The van der Waals surface area contributed by atoms with Crippen LogP contribution < -0.4 is 10.0 Å². The largest absolute Gasteiger partial charge is 0.350 e. The quantitative estimate of drug-likeness (QED) is 0.792. The fourth-order valence-electron chi connectivity index (χ4n) is 3.00. The third kappa shape index (κ3) is 4.39. The molecule has 1 aliphatic carbocycles. The molecule has 0 aliphatic heterocycles. The van der Waals surface area contributed by atoms with Crippen molar-refractivity contribution in [2.75, 3.05) is 4.72 Å². The molecule has 2 aromatic carbocycles. The van der Waals surface area contributed by atoms with Crippen molar-refractivity contribution in [3.8, 4) is 0 Å². The molecule has 5 nitrogen and oxygen atoms in total. The number of aryl methyl sites for hydroxylation is 1. The van der Waals surface area contributed by atoms with Crippen LogP contribution in [-0.4, -0.2) is 20.4 Å². The van der Waals surface area contributed by atoms with Gasteiger partial charge in [-0.05, 0) is 55.5 Å². The fraction of sp³-hybridized carbons (Fsp3) is 0.286. The Bertz CT molecular complexity index is 980. The van der Waals surface area contributed by atoms with Crippen LogP contribution in [0.4, 0.5) is 5.69 Å². The number of amides is 1. The molecule has 0 spiro atoms. The molecule has 3 rings (SSSR count). The summed E-state index contributed by atoms with van der Waals surface area (Å²) in [5.41, 5.74) is 2.67. The molecule has 1 atom stereocenters. The lowest BCUT2D eigenvalue weighted by atomic mass is 9.98. The third-order valence-electron chi connectivity index (χ3n) is 4.76. The molecule has 0 saturated carbocycles. The summed E-state index contributed by atoms with van der Waals surface area (Å²) in [5, 5.41) is 2.88. The Balaban J connectivity index is 1.87. The van der Waals surface area contributed by atoms with E-state index >= 15 is 0 Å². The Morgan fingerprint density at radius 3 is 2.56 bits per heavy atom. The van der Waals surface area contributed by atoms with E-state index in [1.165, 1.54) is 0 Å². The van der Waals surface area contributed by atoms with Crippen LogP contribution in [0.2, 0.25) is 0 Å². The first-order chi connectivity index (χ1) is 12.9. The number of para-hydroxylation sites is 1. The molecule has 1 aliphatic rings. The van der Waals surface area contributed by atoms with E-state index in [0.29, 0.717) is 23.3 Å². The Morgan fingerprint density at radius 2 is 1.78 bits per heavy atom. The normalized spacial score (nSPS) is 14.7. The number of carbonyl (C=O) groups is 1. The second kappa shape index (κ2) is 7.96. The lowest BCUT2D eigenvalue weighted by Crippen LogP contribution is -2.32. The zero-order chi connectivity index (χ0) is 19.4. The zero-order valence-corrected chi connectivity index (χ0v) is 16.3. The molecule has 0 aromatic heterocycles. The molecule has 2 aromatic rings. The number of nitrogens with one attached hydrogen (secondary N) is 2. The van der Waals surface area contributed by atoms with E-state index in [9.17, 15) is 13.2 Å². The average molecular weight is 385 g/mol. The number of allylic oxidation sites excluding steroid dienone is 1. The van der Waals surface area contributed by atoms with E-state index < -0.39 is 10.0 Å². The number of hydrogen-bond donors (Lipinski definition) is 2. The second-order valence-electron chi connectivity index (χ2n) is 6.74. The molecular weight excluding hydrogens is 360 g/mol. The van der Waals surface area contributed by atoms with Crippen LogP contribution in [0, 0.1) is 0 Å². The predicted octanol–water partition coefficient (Wildman–Crippen LogP) is 3.94. The summed E-state index contributed by atoms with van der Waals surface area (Å²) in [6.45, 7) is 3.89. The number of anilines is 1. The predicted molar refractivity (Wildman–Crippen MR) is 109 cm³/mol. The van der Waals surface area contributed by atoms with Crippen molar-refractivity contribution < 1.29 is 13.2 Å². The Morgan fingerprint density at radius 1 is 1.07 bits per heavy atom. The van der Waals surface area contributed by atoms with Gasteiger partial charge in [-0.15, -0.1) is 0 Å². The number of fused-ring (bicyclic) bond motifs is 1. The third-order valence-corrected chi connectivity index (χ3v) is 6.26. The second-order valence-corrected chi connectivity index (χ2v) is 8.48. The topological polar surface area (TPSA) is 75.3 Å². The van der Waals surface area contributed by atoms with Gasteiger partial charge >= 0.3 is 0 Å². The van der Waals surface area contributed by atoms with E-state index in [1.54, 1.807) is 30.3 Å². The molecule has 1 unspecified atom stereocenters. The summed E-state index contributed by atoms with van der Waals surface area (Å²) in [6.07, 6.45) is 3.63. The standard InChI is InChI=1S/C21H24N2O3S/c1-3-15(2)22-21(24)19-10-6-7-11-20(19)23-27(25,26)18-13-12-16-8-4-5-9-17(16)14-18/h4-11,14-15,23H,3,12-13H2,1-2H3,(H,22,24). The first-order valence-electron chi connectivity index (χ1n) is 9.12. The number of benzene rings is 2. The summed E-state index contributed by atoms with van der Waals surface area (Å²) in [6, 6.07) is 14.5. The molecule has 27 heavy (non-hydrogen) atoms. The van der Waals surface area contributed by atoms with E-state index in [1.807, 2.05) is 38.1 Å². The molecule has 6 heteroatoms. The van der Waals surface area contributed by atoms with Gasteiger partial charge in [0, 0.05) is 6.04 Å². The van der Waals surface area contributed by atoms with Crippen molar-refractivity contribution in [3.05, 3.63) is 70.1 Å². The van der Waals surface area contributed by atoms with E-state index in [-0.39, 0.29) is 17.6 Å². The molecule has 142 valence electrons.